The van der Waals surface area contributed by atoms with E-state index in [1.165, 1.54) is 12.1 Å². The highest BCUT2D eigenvalue weighted by atomic mass is 19.1. The number of hydrogen-bond donors (Lipinski definition) is 0. The second-order valence-electron chi connectivity index (χ2n) is 5.87. The first-order chi connectivity index (χ1) is 12.1. The maximum Gasteiger partial charge on any atom is 0.254 e. The lowest BCUT2D eigenvalue weighted by atomic mass is 10.1. The summed E-state index contributed by atoms with van der Waals surface area (Å²) in [5.74, 6) is 0.769. The first-order valence-corrected chi connectivity index (χ1v) is 7.97. The third-order valence-corrected chi connectivity index (χ3v) is 4.11. The van der Waals surface area contributed by atoms with E-state index in [0.717, 1.165) is 5.56 Å². The predicted molar refractivity (Wildman–Crippen MR) is 90.4 cm³/mol. The summed E-state index contributed by atoms with van der Waals surface area (Å²) in [7, 11) is 3.09. The van der Waals surface area contributed by atoms with Crippen LogP contribution in [-0.4, -0.2) is 44.2 Å². The van der Waals surface area contributed by atoms with Gasteiger partial charge in [0, 0.05) is 24.7 Å². The minimum atomic E-state index is -0.279. The topological polar surface area (TPSA) is 48.0 Å². The van der Waals surface area contributed by atoms with Crippen molar-refractivity contribution in [2.24, 2.45) is 0 Å². The molecule has 2 aromatic rings. The average molecular weight is 345 g/mol. The number of ether oxygens (including phenoxy) is 3. The van der Waals surface area contributed by atoms with E-state index in [-0.39, 0.29) is 17.8 Å². The molecule has 5 nitrogen and oxygen atoms in total. The third kappa shape index (κ3) is 4.09. The van der Waals surface area contributed by atoms with Crippen molar-refractivity contribution in [2.45, 2.75) is 12.7 Å². The van der Waals surface area contributed by atoms with Crippen LogP contribution in [0.5, 0.6) is 11.5 Å². The van der Waals surface area contributed by atoms with E-state index >= 15 is 0 Å². The summed E-state index contributed by atoms with van der Waals surface area (Å²) in [4.78, 5) is 14.2. The van der Waals surface area contributed by atoms with E-state index < -0.39 is 0 Å². The van der Waals surface area contributed by atoms with E-state index in [1.54, 1.807) is 43.4 Å². The van der Waals surface area contributed by atoms with Crippen molar-refractivity contribution in [3.63, 3.8) is 0 Å². The Morgan fingerprint density at radius 2 is 1.80 bits per heavy atom. The molecular formula is C19H20FNO4. The number of likely N-dealkylation sites (tertiary alicyclic amines) is 1. The van der Waals surface area contributed by atoms with Crippen molar-refractivity contribution < 1.29 is 23.4 Å². The fourth-order valence-corrected chi connectivity index (χ4v) is 2.66. The van der Waals surface area contributed by atoms with Gasteiger partial charge in [0.2, 0.25) is 0 Å². The number of nitrogens with zero attached hydrogens (tertiary/aromatic N) is 1. The normalized spacial score (nSPS) is 14.1. The molecule has 1 heterocycles. The van der Waals surface area contributed by atoms with Crippen LogP contribution in [0.1, 0.15) is 15.9 Å². The summed E-state index contributed by atoms with van der Waals surface area (Å²) < 4.78 is 29.2. The summed E-state index contributed by atoms with van der Waals surface area (Å²) in [5.41, 5.74) is 1.29. The van der Waals surface area contributed by atoms with Crippen molar-refractivity contribution in [3.05, 3.63) is 59.4 Å². The SMILES string of the molecule is COc1cc(OC)cc(C(=O)N2CC(OCc3cccc(F)c3)C2)c1. The smallest absolute Gasteiger partial charge is 0.254 e. The Morgan fingerprint density at radius 3 is 2.40 bits per heavy atom. The Bertz CT molecular complexity index is 737. The van der Waals surface area contributed by atoms with Gasteiger partial charge in [-0.05, 0) is 29.8 Å². The first-order valence-electron chi connectivity index (χ1n) is 7.97. The first kappa shape index (κ1) is 17.2. The van der Waals surface area contributed by atoms with E-state index in [1.807, 2.05) is 6.07 Å². The van der Waals surface area contributed by atoms with Gasteiger partial charge >= 0.3 is 0 Å². The Kier molecular flexibility index (Phi) is 5.19. The quantitative estimate of drug-likeness (QED) is 0.808. The molecule has 0 atom stereocenters. The zero-order valence-corrected chi connectivity index (χ0v) is 14.2. The molecule has 1 saturated heterocycles. The second-order valence-corrected chi connectivity index (χ2v) is 5.87. The van der Waals surface area contributed by atoms with Gasteiger partial charge in [0.25, 0.3) is 5.91 Å². The van der Waals surface area contributed by atoms with Gasteiger partial charge in [-0.25, -0.2) is 4.39 Å². The van der Waals surface area contributed by atoms with Gasteiger partial charge in [0.1, 0.15) is 17.3 Å². The zero-order valence-electron chi connectivity index (χ0n) is 14.2. The highest BCUT2D eigenvalue weighted by molar-refractivity contribution is 5.95. The van der Waals surface area contributed by atoms with Crippen LogP contribution in [-0.2, 0) is 11.3 Å². The van der Waals surface area contributed by atoms with Gasteiger partial charge in [-0.3, -0.25) is 4.79 Å². The van der Waals surface area contributed by atoms with Crippen LogP contribution in [0.3, 0.4) is 0 Å². The Labute approximate surface area is 145 Å². The molecule has 2 aromatic carbocycles. The number of benzene rings is 2. The summed E-state index contributed by atoms with van der Waals surface area (Å²) >= 11 is 0. The van der Waals surface area contributed by atoms with E-state index in [9.17, 15) is 9.18 Å². The van der Waals surface area contributed by atoms with Crippen LogP contribution in [0.25, 0.3) is 0 Å². The zero-order chi connectivity index (χ0) is 17.8. The van der Waals surface area contributed by atoms with Crippen LogP contribution >= 0.6 is 0 Å². The largest absolute Gasteiger partial charge is 0.497 e. The molecule has 25 heavy (non-hydrogen) atoms. The second kappa shape index (κ2) is 7.53. The van der Waals surface area contributed by atoms with Crippen LogP contribution in [0.4, 0.5) is 4.39 Å². The molecule has 0 unspecified atom stereocenters. The molecule has 0 aliphatic carbocycles. The van der Waals surface area contributed by atoms with Gasteiger partial charge in [0.05, 0.1) is 26.9 Å². The lowest BCUT2D eigenvalue weighted by Gasteiger charge is -2.39. The molecule has 1 amide bonds. The minimum absolute atomic E-state index is 0.0419. The lowest BCUT2D eigenvalue weighted by molar-refractivity contribution is -0.0503. The van der Waals surface area contributed by atoms with Crippen molar-refractivity contribution >= 4 is 5.91 Å². The summed E-state index contributed by atoms with van der Waals surface area (Å²) in [6.07, 6.45) is -0.0419. The van der Waals surface area contributed by atoms with E-state index in [2.05, 4.69) is 0 Å². The van der Waals surface area contributed by atoms with Gasteiger partial charge in [-0.2, -0.15) is 0 Å². The highest BCUT2D eigenvalue weighted by Crippen LogP contribution is 2.25. The van der Waals surface area contributed by atoms with Gasteiger partial charge < -0.3 is 19.1 Å². The van der Waals surface area contributed by atoms with Crippen molar-refractivity contribution in [1.82, 2.24) is 4.90 Å². The average Bonchev–Trinajstić information content (AvgIpc) is 2.59. The molecule has 3 rings (SSSR count). The Hall–Kier alpha value is -2.60. The standard InChI is InChI=1S/C19H20FNO4/c1-23-16-7-14(8-17(9-16)24-2)19(22)21-10-18(11-21)25-12-13-4-3-5-15(20)6-13/h3-9,18H,10-12H2,1-2H3. The number of carbonyl (C=O) groups is 1. The van der Waals surface area contributed by atoms with E-state index in [0.29, 0.717) is 36.8 Å². The molecular weight excluding hydrogens is 325 g/mol. The summed E-state index contributed by atoms with van der Waals surface area (Å²) in [5, 5.41) is 0. The molecule has 1 aliphatic rings. The van der Waals surface area contributed by atoms with Crippen molar-refractivity contribution in [3.8, 4) is 11.5 Å². The predicted octanol–water partition coefficient (Wildman–Crippen LogP) is 2.88. The molecule has 6 heteroatoms. The number of hydrogen-bond acceptors (Lipinski definition) is 4. The van der Waals surface area contributed by atoms with Crippen molar-refractivity contribution in [1.29, 1.82) is 0 Å². The maximum absolute atomic E-state index is 13.1. The van der Waals surface area contributed by atoms with Crippen LogP contribution in [0, 0.1) is 5.82 Å². The Morgan fingerprint density at radius 1 is 1.12 bits per heavy atom. The Balaban J connectivity index is 1.54. The third-order valence-electron chi connectivity index (χ3n) is 4.11. The number of amides is 1. The molecule has 132 valence electrons. The molecule has 0 radical (unpaired) electrons. The van der Waals surface area contributed by atoms with Crippen LogP contribution in [0.2, 0.25) is 0 Å². The molecule has 0 spiro atoms. The van der Waals surface area contributed by atoms with E-state index in [4.69, 9.17) is 14.2 Å². The fraction of sp³-hybridized carbons (Fsp3) is 0.316. The maximum atomic E-state index is 13.1. The monoisotopic (exact) mass is 345 g/mol. The van der Waals surface area contributed by atoms with Crippen LogP contribution < -0.4 is 9.47 Å². The molecule has 0 aromatic heterocycles. The van der Waals surface area contributed by atoms with Gasteiger partial charge in [-0.15, -0.1) is 0 Å². The highest BCUT2D eigenvalue weighted by Gasteiger charge is 2.32. The molecule has 0 N–H and O–H groups in total. The number of carbonyl (C=O) groups excluding carboxylic acids is 1. The number of methoxy groups -OCH3 is 2. The molecule has 1 fully saturated rings. The molecule has 0 bridgehead atoms. The van der Waals surface area contributed by atoms with Gasteiger partial charge in [-0.1, -0.05) is 12.1 Å². The van der Waals surface area contributed by atoms with Gasteiger partial charge in [0.15, 0.2) is 0 Å². The molecule has 1 aliphatic heterocycles. The minimum Gasteiger partial charge on any atom is -0.497 e. The number of rotatable bonds is 6. The lowest BCUT2D eigenvalue weighted by Crippen LogP contribution is -2.54. The summed E-state index contributed by atoms with van der Waals surface area (Å²) in [6.45, 7) is 1.35. The number of halogens is 1. The van der Waals surface area contributed by atoms with Crippen molar-refractivity contribution in [2.75, 3.05) is 27.3 Å². The summed E-state index contributed by atoms with van der Waals surface area (Å²) in [6, 6.07) is 11.4. The molecule has 0 saturated carbocycles. The van der Waals surface area contributed by atoms with Crippen LogP contribution in [0.15, 0.2) is 42.5 Å². The fourth-order valence-electron chi connectivity index (χ4n) is 2.66.